The van der Waals surface area contributed by atoms with Crippen LogP contribution in [0.3, 0.4) is 0 Å². The van der Waals surface area contributed by atoms with Gasteiger partial charge in [0.25, 0.3) is 6.33 Å². The van der Waals surface area contributed by atoms with E-state index in [1.807, 2.05) is 42.6 Å². The number of hydrogen-bond donors (Lipinski definition) is 0. The summed E-state index contributed by atoms with van der Waals surface area (Å²) in [5.74, 6) is 2.13. The summed E-state index contributed by atoms with van der Waals surface area (Å²) in [7, 11) is 0. The normalized spacial score (nSPS) is 13.0. The fraction of sp³-hybridized carbons (Fsp3) is 0.0488. The third-order valence-electron chi connectivity index (χ3n) is 18.0. The summed E-state index contributed by atoms with van der Waals surface area (Å²) in [6, 6.07) is 85.0. The molecule has 0 aliphatic carbocycles. The minimum atomic E-state index is -0.447. The summed E-state index contributed by atoms with van der Waals surface area (Å²) in [5, 5.41) is 6.67. The molecular formula is C82H56N6O. The summed E-state index contributed by atoms with van der Waals surface area (Å²) < 4.78 is 64.3. The van der Waals surface area contributed by atoms with Crippen LogP contribution in [-0.4, -0.2) is 23.3 Å². The Kier molecular flexibility index (Phi) is 10.0. The average molecular weight is 1150 g/mol. The lowest BCUT2D eigenvalue weighted by atomic mass is 9.84. The van der Waals surface area contributed by atoms with Crippen LogP contribution in [-0.2, 0) is 5.41 Å². The highest BCUT2D eigenvalue weighted by molar-refractivity contribution is 6.13. The molecule has 7 nitrogen and oxygen atoms in total. The molecule has 0 saturated carbocycles. The Morgan fingerprint density at radius 1 is 0.416 bits per heavy atom. The Labute approximate surface area is 521 Å². The van der Waals surface area contributed by atoms with Crippen molar-refractivity contribution in [3.05, 3.63) is 297 Å². The van der Waals surface area contributed by atoms with Gasteiger partial charge in [-0.05, 0) is 146 Å². The second-order valence-electron chi connectivity index (χ2n) is 24.1. The molecule has 1 aliphatic rings. The molecule has 1 aliphatic heterocycles. The number of nitrogens with zero attached hydrogens (tertiary/aromatic N) is 6. The molecule has 7 heteroatoms. The largest absolute Gasteiger partial charge is 0.458 e. The first-order chi connectivity index (χ1) is 45.9. The molecule has 0 N–H and O–H groups in total. The van der Waals surface area contributed by atoms with E-state index in [-0.39, 0.29) is 23.1 Å². The maximum Gasteiger partial charge on any atom is 0.269 e. The molecule has 0 radical (unpaired) electrons. The lowest BCUT2D eigenvalue weighted by Crippen LogP contribution is -2.32. The fourth-order valence-corrected chi connectivity index (χ4v) is 14.1. The van der Waals surface area contributed by atoms with E-state index in [4.69, 9.17) is 13.8 Å². The van der Waals surface area contributed by atoms with Crippen LogP contribution < -0.4 is 9.30 Å². The third kappa shape index (κ3) is 7.78. The van der Waals surface area contributed by atoms with Crippen LogP contribution in [0.4, 0.5) is 0 Å². The number of ether oxygens (including phenoxy) is 1. The Balaban J connectivity index is 0.943. The van der Waals surface area contributed by atoms with Crippen LogP contribution in [0.15, 0.2) is 285 Å². The predicted molar refractivity (Wildman–Crippen MR) is 365 cm³/mol. The van der Waals surface area contributed by atoms with Crippen molar-refractivity contribution in [3.8, 4) is 84.6 Å². The number of hydrogen-bond acceptors (Lipinski definition) is 2. The highest BCUT2D eigenvalue weighted by Gasteiger charge is 2.30. The number of imidazole rings is 1. The van der Waals surface area contributed by atoms with Crippen molar-refractivity contribution in [2.24, 2.45) is 0 Å². The lowest BCUT2D eigenvalue weighted by Gasteiger charge is -2.21. The van der Waals surface area contributed by atoms with Crippen molar-refractivity contribution >= 4 is 76.5 Å². The van der Waals surface area contributed by atoms with Gasteiger partial charge in [-0.3, -0.25) is 13.7 Å². The molecule has 0 amide bonds. The van der Waals surface area contributed by atoms with Gasteiger partial charge in [0, 0.05) is 50.3 Å². The van der Waals surface area contributed by atoms with Gasteiger partial charge in [-0.15, -0.1) is 0 Å². The molecule has 18 rings (SSSR count). The molecule has 420 valence electrons. The summed E-state index contributed by atoms with van der Waals surface area (Å²) in [5.41, 5.74) is 17.9. The molecular weight excluding hydrogens is 1080 g/mol. The third-order valence-corrected chi connectivity index (χ3v) is 18.0. The molecule has 0 saturated heterocycles. The standard InChI is InChI=1S/C82H56N6O/c1-82(2,3)53-44-45-83-78(46-53)88-74-40-18-13-31-64(74)65-43-42-57(50-76(65)88)89-56-25-19-24-54(47-56)84-51-85-80-68(35-21-41-75(80)87-72-38-16-11-29-62(72)63-30-12-17-39-73(63)87)67-34-20-33-58(52-22-5-4-6-23-52)79(67)66-32-8-7-26-59(66)69-48-55(49-77(84)81(69)85)86-70-36-14-9-27-60(70)61-28-10-15-37-71(61)86/h4-50H,1-3H3/i4D,5D,6D,22D,23D. The number of fused-ring (bicyclic) bond motifs is 16. The summed E-state index contributed by atoms with van der Waals surface area (Å²) in [4.78, 5) is 4.96. The Bertz CT molecular complexity index is 5970. The van der Waals surface area contributed by atoms with E-state index in [1.54, 1.807) is 0 Å². The molecule has 0 fully saturated rings. The van der Waals surface area contributed by atoms with Crippen molar-refractivity contribution in [1.82, 2.24) is 23.3 Å². The van der Waals surface area contributed by atoms with Crippen LogP contribution in [0.1, 0.15) is 33.2 Å². The number of benzene rings is 12. The van der Waals surface area contributed by atoms with E-state index in [0.717, 1.165) is 138 Å². The van der Waals surface area contributed by atoms with E-state index in [9.17, 15) is 2.74 Å². The van der Waals surface area contributed by atoms with Crippen molar-refractivity contribution in [2.45, 2.75) is 26.2 Å². The highest BCUT2D eigenvalue weighted by atomic mass is 16.5. The van der Waals surface area contributed by atoms with E-state index in [1.165, 1.54) is 5.56 Å². The number of para-hydroxylation sites is 6. The summed E-state index contributed by atoms with van der Waals surface area (Å²) >= 11 is 0. The number of aromatic nitrogens is 6. The molecule has 0 unspecified atom stereocenters. The van der Waals surface area contributed by atoms with Gasteiger partial charge in [0.1, 0.15) is 17.3 Å². The van der Waals surface area contributed by atoms with E-state index in [0.29, 0.717) is 17.1 Å². The van der Waals surface area contributed by atoms with Gasteiger partial charge >= 0.3 is 0 Å². The second kappa shape index (κ2) is 19.5. The van der Waals surface area contributed by atoms with E-state index < -0.39 is 18.1 Å². The van der Waals surface area contributed by atoms with Gasteiger partial charge in [0.2, 0.25) is 0 Å². The fourth-order valence-electron chi connectivity index (χ4n) is 14.1. The quantitative estimate of drug-likeness (QED) is 0.118. The zero-order chi connectivity index (χ0) is 63.4. The molecule has 12 aromatic carbocycles. The highest BCUT2D eigenvalue weighted by Crippen LogP contribution is 2.50. The monoisotopic (exact) mass is 1150 g/mol. The van der Waals surface area contributed by atoms with Gasteiger partial charge < -0.3 is 13.9 Å². The Morgan fingerprint density at radius 2 is 0.966 bits per heavy atom. The molecule has 0 spiro atoms. The van der Waals surface area contributed by atoms with Gasteiger partial charge in [-0.1, -0.05) is 203 Å². The minimum Gasteiger partial charge on any atom is -0.458 e. The molecule has 17 aromatic rings. The molecule has 0 bridgehead atoms. The second-order valence-corrected chi connectivity index (χ2v) is 24.1. The lowest BCUT2D eigenvalue weighted by molar-refractivity contribution is -0.571. The van der Waals surface area contributed by atoms with E-state index >= 15 is 0 Å². The maximum atomic E-state index is 9.55. The van der Waals surface area contributed by atoms with Gasteiger partial charge in [0.15, 0.2) is 0 Å². The van der Waals surface area contributed by atoms with Gasteiger partial charge in [-0.2, -0.15) is 0 Å². The zero-order valence-electron chi connectivity index (χ0n) is 53.8. The van der Waals surface area contributed by atoms with Crippen molar-refractivity contribution in [2.75, 3.05) is 0 Å². The molecule has 89 heavy (non-hydrogen) atoms. The Morgan fingerprint density at radius 3 is 1.64 bits per heavy atom. The smallest absolute Gasteiger partial charge is 0.269 e. The molecule has 6 heterocycles. The van der Waals surface area contributed by atoms with Crippen molar-refractivity contribution < 1.29 is 16.2 Å². The van der Waals surface area contributed by atoms with Crippen molar-refractivity contribution in [3.63, 3.8) is 0 Å². The summed E-state index contributed by atoms with van der Waals surface area (Å²) in [6.07, 6.45) is 5.98. The van der Waals surface area contributed by atoms with Crippen LogP contribution in [0, 0.1) is 6.33 Å². The number of pyridine rings is 1. The van der Waals surface area contributed by atoms with Crippen molar-refractivity contribution in [1.29, 1.82) is 0 Å². The molecule has 5 aromatic heterocycles. The SMILES string of the molecule is [2H]c1c([2H])c([2H])c(-c2cccc3c2-c2ccccc2-c2cc(-n4c5ccccc5c5ccccc54)cc4c2[n+]([c-]n4-c2cccc(Oc4ccc5c6ccccc6n(-c6cc(C(C)(C)C)ccn6)c5c4)c2)-c2c-3cccc2-n2c3ccccc3c3ccccc32)c([2H])c1[2H]. The predicted octanol–water partition coefficient (Wildman–Crippen LogP) is 20.5. The van der Waals surface area contributed by atoms with Crippen LogP contribution in [0.25, 0.3) is 150 Å². The van der Waals surface area contributed by atoms with E-state index in [2.05, 4.69) is 262 Å². The van der Waals surface area contributed by atoms with Gasteiger partial charge in [0.05, 0.1) is 68.0 Å². The first-order valence-corrected chi connectivity index (χ1v) is 30.1. The van der Waals surface area contributed by atoms with Crippen LogP contribution in [0.5, 0.6) is 11.5 Å². The van der Waals surface area contributed by atoms with Crippen LogP contribution in [0.2, 0.25) is 0 Å². The summed E-state index contributed by atoms with van der Waals surface area (Å²) in [6.45, 7) is 6.67. The first kappa shape index (κ1) is 45.8. The zero-order valence-corrected chi connectivity index (χ0v) is 48.8. The maximum absolute atomic E-state index is 9.55. The Hall–Kier alpha value is -11.5. The average Bonchev–Trinajstić information content (AvgIpc) is 1.50. The molecule has 0 atom stereocenters. The minimum absolute atomic E-state index is 0.0839. The van der Waals surface area contributed by atoms with Crippen LogP contribution >= 0.6 is 0 Å². The van der Waals surface area contributed by atoms with Gasteiger partial charge in [-0.25, -0.2) is 4.98 Å². The topological polar surface area (TPSA) is 45.7 Å². The first-order valence-electron chi connectivity index (χ1n) is 32.6. The number of rotatable bonds is 7.